The summed E-state index contributed by atoms with van der Waals surface area (Å²) in [5.41, 5.74) is 3.23. The summed E-state index contributed by atoms with van der Waals surface area (Å²) in [6.45, 7) is 2.30. The lowest BCUT2D eigenvalue weighted by Crippen LogP contribution is -1.99. The van der Waals surface area contributed by atoms with Gasteiger partial charge in [0, 0.05) is 18.4 Å². The molecule has 18 heavy (non-hydrogen) atoms. The highest BCUT2D eigenvalue weighted by molar-refractivity contribution is 5.94. The maximum absolute atomic E-state index is 11.1. The molecule has 0 bridgehead atoms. The van der Waals surface area contributed by atoms with Crippen molar-refractivity contribution in [1.82, 2.24) is 10.2 Å². The predicted molar refractivity (Wildman–Crippen MR) is 66.4 cm³/mol. The zero-order valence-electron chi connectivity index (χ0n) is 10.2. The highest BCUT2D eigenvalue weighted by Crippen LogP contribution is 2.26. The summed E-state index contributed by atoms with van der Waals surface area (Å²) in [7, 11) is 1.62. The van der Waals surface area contributed by atoms with Crippen LogP contribution >= 0.6 is 0 Å². The monoisotopic (exact) mass is 246 g/mol. The fraction of sp³-hybridized carbons (Fsp3) is 0.231. The molecule has 0 aliphatic carbocycles. The molecule has 0 aliphatic heterocycles. The van der Waals surface area contributed by atoms with Crippen LogP contribution in [0, 0.1) is 6.92 Å². The van der Waals surface area contributed by atoms with Gasteiger partial charge >= 0.3 is 5.97 Å². The van der Waals surface area contributed by atoms with Crippen LogP contribution in [-0.4, -0.2) is 28.4 Å². The summed E-state index contributed by atoms with van der Waals surface area (Å²) >= 11 is 0. The number of carboxylic acid groups (broad SMARTS) is 1. The van der Waals surface area contributed by atoms with E-state index in [4.69, 9.17) is 9.84 Å². The number of methoxy groups -OCH3 is 1. The fourth-order valence-electron chi connectivity index (χ4n) is 1.92. The Kier molecular flexibility index (Phi) is 3.43. The Morgan fingerprint density at radius 3 is 2.94 bits per heavy atom. The van der Waals surface area contributed by atoms with E-state index in [0.717, 1.165) is 16.8 Å². The summed E-state index contributed by atoms with van der Waals surface area (Å²) in [5, 5.41) is 15.6. The molecule has 5 nitrogen and oxygen atoms in total. The van der Waals surface area contributed by atoms with Gasteiger partial charge in [0.25, 0.3) is 0 Å². The van der Waals surface area contributed by atoms with Crippen molar-refractivity contribution < 1.29 is 14.6 Å². The number of rotatable bonds is 4. The zero-order chi connectivity index (χ0) is 13.1. The molecule has 1 heterocycles. The molecular formula is C13H14N2O3. The summed E-state index contributed by atoms with van der Waals surface area (Å²) in [4.78, 5) is 11.1. The number of benzene rings is 1. The Morgan fingerprint density at radius 1 is 1.50 bits per heavy atom. The highest BCUT2D eigenvalue weighted by Gasteiger charge is 2.18. The van der Waals surface area contributed by atoms with Gasteiger partial charge in [-0.15, -0.1) is 0 Å². The summed E-state index contributed by atoms with van der Waals surface area (Å²) in [6.07, 6.45) is 0. The highest BCUT2D eigenvalue weighted by atomic mass is 16.5. The molecule has 0 fully saturated rings. The molecule has 0 amide bonds. The van der Waals surface area contributed by atoms with Crippen LogP contribution in [0.4, 0.5) is 0 Å². The van der Waals surface area contributed by atoms with Crippen LogP contribution in [0.2, 0.25) is 0 Å². The molecule has 2 aromatic rings. The van der Waals surface area contributed by atoms with E-state index in [1.807, 2.05) is 24.3 Å². The van der Waals surface area contributed by atoms with Crippen molar-refractivity contribution in [1.29, 1.82) is 0 Å². The minimum atomic E-state index is -1.04. The molecule has 1 aromatic heterocycles. The third-order valence-corrected chi connectivity index (χ3v) is 2.68. The van der Waals surface area contributed by atoms with Crippen LogP contribution in [0.1, 0.15) is 21.7 Å². The predicted octanol–water partition coefficient (Wildman–Crippen LogP) is 2.23. The summed E-state index contributed by atoms with van der Waals surface area (Å²) in [5.74, 6) is -1.04. The normalized spacial score (nSPS) is 10.6. The second kappa shape index (κ2) is 5.01. The third-order valence-electron chi connectivity index (χ3n) is 2.68. The standard InChI is InChI=1S/C13H14N2O3/c1-8-11(12(13(16)17)15-14-8)10-5-3-4-9(6-10)7-18-2/h3-6H,7H2,1-2H3,(H,14,15)(H,16,17). The number of aryl methyl sites for hydroxylation is 1. The van der Waals surface area contributed by atoms with Crippen molar-refractivity contribution in [2.24, 2.45) is 0 Å². The van der Waals surface area contributed by atoms with Crippen LogP contribution in [0.25, 0.3) is 11.1 Å². The second-order valence-electron chi connectivity index (χ2n) is 4.01. The van der Waals surface area contributed by atoms with E-state index < -0.39 is 5.97 Å². The van der Waals surface area contributed by atoms with Gasteiger partial charge in [-0.25, -0.2) is 4.79 Å². The Labute approximate surface area is 104 Å². The number of aromatic amines is 1. The van der Waals surface area contributed by atoms with Gasteiger partial charge in [0.15, 0.2) is 5.69 Å². The molecule has 2 N–H and O–H groups in total. The Balaban J connectivity index is 2.51. The van der Waals surface area contributed by atoms with Gasteiger partial charge < -0.3 is 9.84 Å². The smallest absolute Gasteiger partial charge is 0.357 e. The zero-order valence-corrected chi connectivity index (χ0v) is 10.2. The fourth-order valence-corrected chi connectivity index (χ4v) is 1.92. The van der Waals surface area contributed by atoms with E-state index >= 15 is 0 Å². The van der Waals surface area contributed by atoms with Gasteiger partial charge in [0.2, 0.25) is 0 Å². The van der Waals surface area contributed by atoms with Crippen molar-refractivity contribution in [2.75, 3.05) is 7.11 Å². The lowest BCUT2D eigenvalue weighted by Gasteiger charge is -2.05. The van der Waals surface area contributed by atoms with Crippen molar-refractivity contribution in [3.63, 3.8) is 0 Å². The van der Waals surface area contributed by atoms with Crippen molar-refractivity contribution in [2.45, 2.75) is 13.5 Å². The summed E-state index contributed by atoms with van der Waals surface area (Å²) < 4.78 is 5.07. The third kappa shape index (κ3) is 2.26. The Bertz CT molecular complexity index is 575. The average molecular weight is 246 g/mol. The van der Waals surface area contributed by atoms with Gasteiger partial charge in [-0.2, -0.15) is 5.10 Å². The van der Waals surface area contributed by atoms with Crippen LogP contribution in [-0.2, 0) is 11.3 Å². The first-order chi connectivity index (χ1) is 8.63. The van der Waals surface area contributed by atoms with E-state index in [0.29, 0.717) is 12.2 Å². The van der Waals surface area contributed by atoms with Crippen molar-refractivity contribution in [3.05, 3.63) is 41.2 Å². The molecule has 0 saturated carbocycles. The SMILES string of the molecule is COCc1cccc(-c2c(C(=O)O)n[nH]c2C)c1. The van der Waals surface area contributed by atoms with Gasteiger partial charge in [0.05, 0.1) is 6.61 Å². The van der Waals surface area contributed by atoms with E-state index in [1.165, 1.54) is 0 Å². The number of hydrogen-bond donors (Lipinski definition) is 2. The minimum Gasteiger partial charge on any atom is -0.476 e. The van der Waals surface area contributed by atoms with E-state index in [-0.39, 0.29) is 5.69 Å². The molecule has 0 unspecified atom stereocenters. The van der Waals surface area contributed by atoms with Gasteiger partial charge in [-0.3, -0.25) is 5.10 Å². The van der Waals surface area contributed by atoms with Crippen LogP contribution in [0.5, 0.6) is 0 Å². The Morgan fingerprint density at radius 2 is 2.28 bits per heavy atom. The van der Waals surface area contributed by atoms with Crippen LogP contribution < -0.4 is 0 Å². The number of ether oxygens (including phenoxy) is 1. The molecule has 5 heteroatoms. The number of nitrogens with zero attached hydrogens (tertiary/aromatic N) is 1. The maximum Gasteiger partial charge on any atom is 0.357 e. The number of aromatic carboxylic acids is 1. The molecule has 0 aliphatic rings. The van der Waals surface area contributed by atoms with Crippen LogP contribution in [0.3, 0.4) is 0 Å². The van der Waals surface area contributed by atoms with E-state index in [1.54, 1.807) is 14.0 Å². The van der Waals surface area contributed by atoms with Gasteiger partial charge in [-0.1, -0.05) is 18.2 Å². The molecule has 0 saturated heterocycles. The van der Waals surface area contributed by atoms with E-state index in [9.17, 15) is 4.79 Å². The molecular weight excluding hydrogens is 232 g/mol. The first-order valence-electron chi connectivity index (χ1n) is 5.50. The van der Waals surface area contributed by atoms with Crippen molar-refractivity contribution in [3.8, 4) is 11.1 Å². The number of nitrogens with one attached hydrogen (secondary N) is 1. The number of H-pyrrole nitrogens is 1. The topological polar surface area (TPSA) is 75.2 Å². The first-order valence-corrected chi connectivity index (χ1v) is 5.50. The summed E-state index contributed by atoms with van der Waals surface area (Å²) in [6, 6.07) is 7.59. The quantitative estimate of drug-likeness (QED) is 0.867. The van der Waals surface area contributed by atoms with E-state index in [2.05, 4.69) is 10.2 Å². The molecule has 1 aromatic carbocycles. The molecule has 94 valence electrons. The maximum atomic E-state index is 11.1. The number of carbonyl (C=O) groups is 1. The molecule has 0 atom stereocenters. The second-order valence-corrected chi connectivity index (χ2v) is 4.01. The lowest BCUT2D eigenvalue weighted by molar-refractivity contribution is 0.0691. The number of carboxylic acids is 1. The van der Waals surface area contributed by atoms with Crippen LogP contribution in [0.15, 0.2) is 24.3 Å². The Hall–Kier alpha value is -2.14. The molecule has 2 rings (SSSR count). The number of hydrogen-bond acceptors (Lipinski definition) is 3. The molecule has 0 spiro atoms. The number of aromatic nitrogens is 2. The van der Waals surface area contributed by atoms with Gasteiger partial charge in [-0.05, 0) is 24.1 Å². The largest absolute Gasteiger partial charge is 0.476 e. The van der Waals surface area contributed by atoms with Crippen molar-refractivity contribution >= 4 is 5.97 Å². The lowest BCUT2D eigenvalue weighted by atomic mass is 10.0. The minimum absolute atomic E-state index is 0.0436. The average Bonchev–Trinajstić information content (AvgIpc) is 2.72. The van der Waals surface area contributed by atoms with Gasteiger partial charge in [0.1, 0.15) is 0 Å². The first kappa shape index (κ1) is 12.3. The molecule has 0 radical (unpaired) electrons.